The Morgan fingerprint density at radius 2 is 2.17 bits per heavy atom. The fourth-order valence-electron chi connectivity index (χ4n) is 2.44. The summed E-state index contributed by atoms with van der Waals surface area (Å²) >= 11 is 0. The van der Waals surface area contributed by atoms with E-state index in [2.05, 4.69) is 26.5 Å². The number of benzene rings is 1. The molecule has 126 valence electrons. The van der Waals surface area contributed by atoms with Crippen molar-refractivity contribution in [2.75, 3.05) is 13.6 Å². The molecule has 0 amide bonds. The van der Waals surface area contributed by atoms with E-state index in [4.69, 9.17) is 8.94 Å². The van der Waals surface area contributed by atoms with Crippen molar-refractivity contribution in [3.05, 3.63) is 47.8 Å². The van der Waals surface area contributed by atoms with Crippen molar-refractivity contribution >= 4 is 16.9 Å². The molecule has 0 unspecified atom stereocenters. The predicted octanol–water partition coefficient (Wildman–Crippen LogP) is 2.72. The molecule has 1 aromatic carbocycles. The fourth-order valence-corrected chi connectivity index (χ4v) is 2.44. The Balaban J connectivity index is 1.72. The third-order valence-corrected chi connectivity index (χ3v) is 3.51. The Labute approximate surface area is 140 Å². The lowest BCUT2D eigenvalue weighted by Crippen LogP contribution is -2.38. The summed E-state index contributed by atoms with van der Waals surface area (Å²) in [5.41, 5.74) is 0.894. The monoisotopic (exact) mass is 327 g/mol. The molecule has 0 bridgehead atoms. The van der Waals surface area contributed by atoms with Gasteiger partial charge in [-0.3, -0.25) is 0 Å². The molecule has 3 rings (SSSR count). The summed E-state index contributed by atoms with van der Waals surface area (Å²) in [6, 6.07) is 10.0. The Morgan fingerprint density at radius 1 is 1.33 bits per heavy atom. The van der Waals surface area contributed by atoms with Crippen molar-refractivity contribution in [2.45, 2.75) is 26.9 Å². The van der Waals surface area contributed by atoms with Crippen LogP contribution in [-0.2, 0) is 13.1 Å². The second kappa shape index (κ2) is 7.16. The second-order valence-corrected chi connectivity index (χ2v) is 5.51. The zero-order chi connectivity index (χ0) is 16.9. The van der Waals surface area contributed by atoms with E-state index in [0.29, 0.717) is 24.8 Å². The van der Waals surface area contributed by atoms with Gasteiger partial charge in [0, 0.05) is 25.9 Å². The molecule has 2 aromatic heterocycles. The van der Waals surface area contributed by atoms with Crippen molar-refractivity contribution in [1.29, 1.82) is 0 Å². The minimum atomic E-state index is 0.365. The first-order valence-electron chi connectivity index (χ1n) is 7.92. The summed E-state index contributed by atoms with van der Waals surface area (Å²) in [6.45, 7) is 5.55. The van der Waals surface area contributed by atoms with Gasteiger partial charge >= 0.3 is 0 Å². The van der Waals surface area contributed by atoms with Gasteiger partial charge in [0.15, 0.2) is 11.8 Å². The van der Waals surface area contributed by atoms with Crippen molar-refractivity contribution in [3.8, 4) is 0 Å². The van der Waals surface area contributed by atoms with Gasteiger partial charge in [0.25, 0.3) is 0 Å². The highest BCUT2D eigenvalue weighted by Gasteiger charge is 2.11. The molecular formula is C17H21N5O2. The van der Waals surface area contributed by atoms with Gasteiger partial charge in [-0.2, -0.15) is 4.98 Å². The van der Waals surface area contributed by atoms with Crippen LogP contribution in [0.4, 0.5) is 0 Å². The Morgan fingerprint density at radius 3 is 2.88 bits per heavy atom. The highest BCUT2D eigenvalue weighted by Crippen LogP contribution is 2.19. The maximum Gasteiger partial charge on any atom is 0.223 e. The first-order valence-corrected chi connectivity index (χ1v) is 7.92. The van der Waals surface area contributed by atoms with E-state index in [0.717, 1.165) is 29.2 Å². The lowest BCUT2D eigenvalue weighted by molar-refractivity contribution is 0.387. The molecule has 0 aliphatic rings. The average molecular weight is 327 g/mol. The lowest BCUT2D eigenvalue weighted by atomic mass is 10.2. The normalized spacial score (nSPS) is 11.9. The summed E-state index contributed by atoms with van der Waals surface area (Å²) in [6.07, 6.45) is 0. The van der Waals surface area contributed by atoms with Crippen molar-refractivity contribution in [3.63, 3.8) is 0 Å². The van der Waals surface area contributed by atoms with Crippen LogP contribution in [0.25, 0.3) is 11.0 Å². The number of nitrogens with zero attached hydrogens (tertiary/aromatic N) is 4. The van der Waals surface area contributed by atoms with Gasteiger partial charge in [-0.05, 0) is 19.1 Å². The summed E-state index contributed by atoms with van der Waals surface area (Å²) in [4.78, 5) is 10.7. The molecule has 7 nitrogen and oxygen atoms in total. The van der Waals surface area contributed by atoms with E-state index in [1.165, 1.54) is 0 Å². The molecule has 0 saturated heterocycles. The average Bonchev–Trinajstić information content (AvgIpc) is 3.16. The van der Waals surface area contributed by atoms with Gasteiger partial charge in [-0.1, -0.05) is 23.4 Å². The molecule has 1 N–H and O–H groups in total. The molecule has 0 saturated carbocycles. The Bertz CT molecular complexity index is 803. The number of nitrogens with one attached hydrogen (secondary N) is 1. The molecule has 7 heteroatoms. The van der Waals surface area contributed by atoms with Crippen LogP contribution in [0.5, 0.6) is 0 Å². The van der Waals surface area contributed by atoms with Crippen LogP contribution in [-0.4, -0.2) is 34.6 Å². The minimum absolute atomic E-state index is 0.365. The zero-order valence-electron chi connectivity index (χ0n) is 14.1. The molecule has 2 heterocycles. The number of rotatable bonds is 5. The molecule has 0 atom stereocenters. The van der Waals surface area contributed by atoms with Gasteiger partial charge in [-0.15, -0.1) is 0 Å². The van der Waals surface area contributed by atoms with E-state index < -0.39 is 0 Å². The predicted molar refractivity (Wildman–Crippen MR) is 91.5 cm³/mol. The SMILES string of the molecule is CCNC(=NCc1noc(C)n1)N(C)Cc1cc2ccccc2o1. The number of hydrogen-bond donors (Lipinski definition) is 1. The number of aromatic nitrogens is 2. The summed E-state index contributed by atoms with van der Waals surface area (Å²) in [7, 11) is 1.97. The van der Waals surface area contributed by atoms with E-state index in [1.807, 2.05) is 43.1 Å². The van der Waals surface area contributed by atoms with Crippen LogP contribution in [0.1, 0.15) is 24.4 Å². The first kappa shape index (κ1) is 16.0. The molecule has 0 aliphatic carbocycles. The second-order valence-electron chi connectivity index (χ2n) is 5.51. The molecular weight excluding hydrogens is 306 g/mol. The molecule has 0 radical (unpaired) electrons. The van der Waals surface area contributed by atoms with E-state index in [1.54, 1.807) is 6.92 Å². The van der Waals surface area contributed by atoms with Crippen molar-refractivity contribution in [1.82, 2.24) is 20.4 Å². The third kappa shape index (κ3) is 3.73. The summed E-state index contributed by atoms with van der Waals surface area (Å²) in [5, 5.41) is 8.23. The van der Waals surface area contributed by atoms with Gasteiger partial charge in [0.1, 0.15) is 17.9 Å². The van der Waals surface area contributed by atoms with Gasteiger partial charge in [0.2, 0.25) is 5.89 Å². The standard InChI is InChI=1S/C17H21N5O2/c1-4-18-17(19-10-16-20-12(2)24-21-16)22(3)11-14-9-13-7-5-6-8-15(13)23-14/h5-9H,4,10-11H2,1-3H3,(H,18,19). The maximum atomic E-state index is 5.87. The number of aryl methyl sites for hydroxylation is 1. The smallest absolute Gasteiger partial charge is 0.223 e. The number of fused-ring (bicyclic) bond motifs is 1. The van der Waals surface area contributed by atoms with Crippen LogP contribution in [0.2, 0.25) is 0 Å². The number of furan rings is 1. The Hall–Kier alpha value is -2.83. The molecule has 0 fully saturated rings. The van der Waals surface area contributed by atoms with Crippen LogP contribution < -0.4 is 5.32 Å². The van der Waals surface area contributed by atoms with Crippen LogP contribution in [0.3, 0.4) is 0 Å². The number of hydrogen-bond acceptors (Lipinski definition) is 5. The van der Waals surface area contributed by atoms with E-state index in [9.17, 15) is 0 Å². The minimum Gasteiger partial charge on any atom is -0.459 e. The maximum absolute atomic E-state index is 5.87. The molecule has 24 heavy (non-hydrogen) atoms. The molecule has 0 aliphatic heterocycles. The lowest BCUT2D eigenvalue weighted by Gasteiger charge is -2.20. The first-order chi connectivity index (χ1) is 11.7. The number of para-hydroxylation sites is 1. The highest BCUT2D eigenvalue weighted by atomic mass is 16.5. The molecule has 0 spiro atoms. The fraction of sp³-hybridized carbons (Fsp3) is 0.353. The van der Waals surface area contributed by atoms with Crippen LogP contribution in [0, 0.1) is 6.92 Å². The van der Waals surface area contributed by atoms with Crippen LogP contribution >= 0.6 is 0 Å². The topological polar surface area (TPSA) is 79.7 Å². The summed E-state index contributed by atoms with van der Waals surface area (Å²) in [5.74, 6) is 2.76. The molecule has 3 aromatic rings. The van der Waals surface area contributed by atoms with Gasteiger partial charge in [0.05, 0.1) is 6.54 Å². The van der Waals surface area contributed by atoms with E-state index in [-0.39, 0.29) is 0 Å². The zero-order valence-corrected chi connectivity index (χ0v) is 14.1. The number of guanidine groups is 1. The van der Waals surface area contributed by atoms with Crippen molar-refractivity contribution in [2.24, 2.45) is 4.99 Å². The van der Waals surface area contributed by atoms with Gasteiger partial charge in [-0.25, -0.2) is 4.99 Å². The quantitative estimate of drug-likeness (QED) is 0.573. The third-order valence-electron chi connectivity index (χ3n) is 3.51. The van der Waals surface area contributed by atoms with Crippen molar-refractivity contribution < 1.29 is 8.94 Å². The van der Waals surface area contributed by atoms with E-state index >= 15 is 0 Å². The largest absolute Gasteiger partial charge is 0.459 e. The highest BCUT2D eigenvalue weighted by molar-refractivity contribution is 5.80. The Kier molecular flexibility index (Phi) is 4.79. The van der Waals surface area contributed by atoms with Crippen LogP contribution in [0.15, 0.2) is 44.3 Å². The van der Waals surface area contributed by atoms with Gasteiger partial charge < -0.3 is 19.2 Å². The number of aliphatic imine (C=N–C) groups is 1. The summed E-state index contributed by atoms with van der Waals surface area (Å²) < 4.78 is 10.8.